The maximum atomic E-state index is 12.2. The van der Waals surface area contributed by atoms with Crippen molar-refractivity contribution in [3.63, 3.8) is 0 Å². The zero-order valence-corrected chi connectivity index (χ0v) is 25.5. The van der Waals surface area contributed by atoms with Gasteiger partial charge in [0.2, 0.25) is 0 Å². The Morgan fingerprint density at radius 1 is 0.658 bits per heavy atom. The van der Waals surface area contributed by atoms with Crippen molar-refractivity contribution in [2.45, 2.75) is 12.8 Å². The van der Waals surface area contributed by atoms with Gasteiger partial charge in [-0.15, -0.1) is 0 Å². The number of ether oxygens (including phenoxy) is 4. The van der Waals surface area contributed by atoms with E-state index in [1.807, 2.05) is 0 Å². The van der Waals surface area contributed by atoms with Crippen LogP contribution in [0.5, 0.6) is 34.5 Å². The van der Waals surface area contributed by atoms with E-state index >= 15 is 0 Å². The second kappa shape index (κ2) is 20.7. The van der Waals surface area contributed by atoms with Crippen LogP contribution in [0, 0.1) is 0 Å². The van der Waals surface area contributed by atoms with Crippen LogP contribution in [-0.2, 0) is 17.1 Å². The molecule has 1 radical (unpaired) electrons. The first-order valence-corrected chi connectivity index (χ1v) is 11.8. The number of nitrogens with one attached hydrogen (secondary N) is 2. The summed E-state index contributed by atoms with van der Waals surface area (Å²) in [5, 5.41) is 31.0. The molecule has 0 aliphatic rings. The van der Waals surface area contributed by atoms with Gasteiger partial charge in [-0.25, -0.2) is 0 Å². The Morgan fingerprint density at radius 3 is 1.39 bits per heavy atom. The van der Waals surface area contributed by atoms with Crippen LogP contribution in [-0.4, -0.2) is 80.1 Å². The van der Waals surface area contributed by atoms with Crippen LogP contribution in [0.1, 0.15) is 24.0 Å². The van der Waals surface area contributed by atoms with Crippen LogP contribution in [0.15, 0.2) is 34.3 Å². The summed E-state index contributed by atoms with van der Waals surface area (Å²) in [6.07, 6.45) is 4.84. The van der Waals surface area contributed by atoms with Crippen molar-refractivity contribution in [3.05, 3.63) is 35.4 Å². The number of aliphatic imine (C=N–C) groups is 2. The molecule has 2 aromatic rings. The van der Waals surface area contributed by atoms with Gasteiger partial charge < -0.3 is 63.8 Å². The Balaban J connectivity index is 0.00000684. The molecule has 211 valence electrons. The quantitative estimate of drug-likeness (QED) is 0.0881. The minimum atomic E-state index is -0.180. The van der Waals surface area contributed by atoms with E-state index in [9.17, 15) is 10.2 Å². The largest absolute Gasteiger partial charge is 3.00 e. The topological polar surface area (TPSA) is 132 Å². The fraction of sp³-hybridized carbons (Fsp3) is 0.462. The standard InChI is InChI=1S/C26H38N4O6.Fe.HI/c1-33-19-13-23(31)21(25(15-19)35-3)17-29-9-5-7-27-11-12-28-8-6-10-30-18-22-24(32)14-20(34-2)16-26(22)36-4;;/h13-18,27-28,31-32H,5-12H2,1-4H3;;1H/q;+3;/p-3. The second-order valence-corrected chi connectivity index (χ2v) is 7.76. The molecule has 0 bridgehead atoms. The molecule has 0 heterocycles. The van der Waals surface area contributed by atoms with Gasteiger partial charge in [-0.2, -0.15) is 0 Å². The van der Waals surface area contributed by atoms with Crippen molar-refractivity contribution < 1.29 is 70.2 Å². The number of halogens is 1. The molecular weight excluding hydrogens is 647 g/mol. The van der Waals surface area contributed by atoms with Gasteiger partial charge in [-0.3, -0.25) is 9.98 Å². The predicted molar refractivity (Wildman–Crippen MR) is 138 cm³/mol. The van der Waals surface area contributed by atoms with Gasteiger partial charge in [-0.1, -0.05) is 11.5 Å². The number of hydrogen-bond donors (Lipinski definition) is 2. The summed E-state index contributed by atoms with van der Waals surface area (Å²) in [6.45, 7) is 4.55. The molecule has 0 aliphatic heterocycles. The third-order valence-corrected chi connectivity index (χ3v) is 5.27. The van der Waals surface area contributed by atoms with Gasteiger partial charge in [0.25, 0.3) is 0 Å². The Bertz CT molecular complexity index is 931. The summed E-state index contributed by atoms with van der Waals surface area (Å²) in [6, 6.07) is 6.19. The number of benzene rings is 2. The fourth-order valence-corrected chi connectivity index (χ4v) is 3.31. The van der Waals surface area contributed by atoms with Crippen LogP contribution in [0.25, 0.3) is 0 Å². The summed E-state index contributed by atoms with van der Waals surface area (Å²) < 4.78 is 20.7. The Morgan fingerprint density at radius 2 is 1.05 bits per heavy atom. The van der Waals surface area contributed by atoms with Crippen LogP contribution in [0.4, 0.5) is 0 Å². The molecule has 2 N–H and O–H groups in total. The van der Waals surface area contributed by atoms with E-state index in [-0.39, 0.29) is 52.5 Å². The molecule has 0 aliphatic carbocycles. The minimum absolute atomic E-state index is 0. The average molecular weight is 683 g/mol. The van der Waals surface area contributed by atoms with E-state index < -0.39 is 0 Å². The third kappa shape index (κ3) is 12.1. The molecule has 0 aromatic heterocycles. The zero-order valence-electron chi connectivity index (χ0n) is 22.2. The van der Waals surface area contributed by atoms with Gasteiger partial charge in [0.15, 0.2) is 0 Å². The molecule has 0 saturated heterocycles. The first-order valence-electron chi connectivity index (χ1n) is 11.8. The maximum Gasteiger partial charge on any atom is 3.00 e. The smallest absolute Gasteiger partial charge is 1.00 e. The van der Waals surface area contributed by atoms with Crippen molar-refractivity contribution in [2.24, 2.45) is 9.98 Å². The molecule has 2 rings (SSSR count). The van der Waals surface area contributed by atoms with Gasteiger partial charge in [-0.05, 0) is 38.1 Å². The molecule has 2 aromatic carbocycles. The molecule has 0 unspecified atom stereocenters. The summed E-state index contributed by atoms with van der Waals surface area (Å²) >= 11 is 0. The zero-order chi connectivity index (χ0) is 26.2. The van der Waals surface area contributed by atoms with E-state index in [0.29, 0.717) is 47.2 Å². The van der Waals surface area contributed by atoms with E-state index in [4.69, 9.17) is 18.9 Å². The van der Waals surface area contributed by atoms with Crippen LogP contribution >= 0.6 is 0 Å². The first kappa shape index (κ1) is 35.7. The number of nitrogens with zero attached hydrogens (tertiary/aromatic N) is 2. The van der Waals surface area contributed by atoms with Gasteiger partial charge >= 0.3 is 17.1 Å². The first-order chi connectivity index (χ1) is 17.5. The van der Waals surface area contributed by atoms with E-state index in [1.165, 1.54) is 40.6 Å². The molecule has 0 fully saturated rings. The Kier molecular flexibility index (Phi) is 19.5. The fourth-order valence-electron chi connectivity index (χ4n) is 3.31. The van der Waals surface area contributed by atoms with Crippen LogP contribution in [0.2, 0.25) is 0 Å². The number of rotatable bonds is 17. The summed E-state index contributed by atoms with van der Waals surface area (Å²) in [4.78, 5) is 8.68. The molecule has 12 heteroatoms. The molecule has 38 heavy (non-hydrogen) atoms. The van der Waals surface area contributed by atoms with Crippen molar-refractivity contribution in [1.29, 1.82) is 0 Å². The molecule has 0 amide bonds. The van der Waals surface area contributed by atoms with Gasteiger partial charge in [0.1, 0.15) is 23.0 Å². The summed E-state index contributed by atoms with van der Waals surface area (Å²) in [7, 11) is 6.04. The normalized spacial score (nSPS) is 10.7. The SMILES string of the molecule is COc1cc([O-])c(C=NCCCNCCNCCCN=Cc2c([O-])cc(OC)cc2OC)c(OC)c1.[Fe+3].[I-]. The van der Waals surface area contributed by atoms with E-state index in [1.54, 1.807) is 24.6 Å². The number of hydrogen-bond acceptors (Lipinski definition) is 10. The molecule has 0 atom stereocenters. The monoisotopic (exact) mass is 683 g/mol. The van der Waals surface area contributed by atoms with Crippen molar-refractivity contribution >= 4 is 12.4 Å². The maximum absolute atomic E-state index is 12.2. The summed E-state index contributed by atoms with van der Waals surface area (Å²) in [5.74, 6) is 1.47. The van der Waals surface area contributed by atoms with Crippen molar-refractivity contribution in [3.8, 4) is 34.5 Å². The molecule has 0 spiro atoms. The Labute approximate surface area is 252 Å². The van der Waals surface area contributed by atoms with Crippen LogP contribution < -0.4 is 63.8 Å². The third-order valence-electron chi connectivity index (χ3n) is 5.27. The second-order valence-electron chi connectivity index (χ2n) is 7.76. The minimum Gasteiger partial charge on any atom is -1.00 e. The van der Waals surface area contributed by atoms with Gasteiger partial charge in [0, 0.05) is 61.9 Å². The number of methoxy groups -OCH3 is 4. The average Bonchev–Trinajstić information content (AvgIpc) is 2.89. The predicted octanol–water partition coefficient (Wildman–Crippen LogP) is -1.63. The molecule has 10 nitrogen and oxygen atoms in total. The van der Waals surface area contributed by atoms with Gasteiger partial charge in [0.05, 0.1) is 28.4 Å². The van der Waals surface area contributed by atoms with E-state index in [0.717, 1.165) is 39.0 Å². The van der Waals surface area contributed by atoms with Crippen LogP contribution in [0.3, 0.4) is 0 Å². The Hall–Kier alpha value is -2.25. The molecular formula is C26H36FeIN4O6. The van der Waals surface area contributed by atoms with E-state index in [2.05, 4.69) is 20.6 Å². The van der Waals surface area contributed by atoms with Crippen molar-refractivity contribution in [2.75, 3.05) is 67.7 Å². The summed E-state index contributed by atoms with van der Waals surface area (Å²) in [5.41, 5.74) is 0.854. The van der Waals surface area contributed by atoms with Crippen molar-refractivity contribution in [1.82, 2.24) is 10.6 Å². The molecule has 0 saturated carbocycles.